The molecular formula is C10H16BrNO2. The fourth-order valence-corrected chi connectivity index (χ4v) is 2.29. The Balaban J connectivity index is 2.73. The molecule has 1 amide bonds. The maximum atomic E-state index is 11.6. The zero-order valence-corrected chi connectivity index (χ0v) is 10.2. The maximum Gasteiger partial charge on any atom is 0.220 e. The van der Waals surface area contributed by atoms with E-state index in [1.54, 1.807) is 4.90 Å². The molecule has 0 bridgehead atoms. The van der Waals surface area contributed by atoms with Gasteiger partial charge in [0.25, 0.3) is 0 Å². The summed E-state index contributed by atoms with van der Waals surface area (Å²) >= 11 is 3.16. The molecule has 0 saturated carbocycles. The van der Waals surface area contributed by atoms with Gasteiger partial charge in [-0.15, -0.1) is 0 Å². The number of Topliss-reactive ketones (excluding diaryl/α,β-unsaturated/α-hetero) is 1. The predicted octanol–water partition coefficient (Wildman–Crippen LogP) is 1.60. The number of hydrogen-bond donors (Lipinski definition) is 0. The summed E-state index contributed by atoms with van der Waals surface area (Å²) in [6, 6.07) is -0.198. The molecule has 1 rings (SSSR count). The van der Waals surface area contributed by atoms with Gasteiger partial charge in [0.2, 0.25) is 5.91 Å². The third-order valence-electron chi connectivity index (χ3n) is 2.77. The second-order valence-electron chi connectivity index (χ2n) is 3.96. The lowest BCUT2D eigenvalue weighted by atomic mass is 9.90. The average molecular weight is 262 g/mol. The molecule has 0 spiro atoms. The maximum absolute atomic E-state index is 11.6. The van der Waals surface area contributed by atoms with Crippen LogP contribution in [0.25, 0.3) is 0 Å². The highest BCUT2D eigenvalue weighted by molar-refractivity contribution is 9.09. The van der Waals surface area contributed by atoms with E-state index < -0.39 is 0 Å². The summed E-state index contributed by atoms with van der Waals surface area (Å²) in [7, 11) is 0. The smallest absolute Gasteiger partial charge is 0.220 e. The van der Waals surface area contributed by atoms with Crippen LogP contribution in [0.5, 0.6) is 0 Å². The Morgan fingerprint density at radius 1 is 1.50 bits per heavy atom. The van der Waals surface area contributed by atoms with Crippen LogP contribution in [0.2, 0.25) is 0 Å². The van der Waals surface area contributed by atoms with E-state index in [-0.39, 0.29) is 17.7 Å². The van der Waals surface area contributed by atoms with Crippen molar-refractivity contribution >= 4 is 27.6 Å². The van der Waals surface area contributed by atoms with Crippen molar-refractivity contribution in [3.05, 3.63) is 0 Å². The molecule has 2 unspecified atom stereocenters. The first kappa shape index (κ1) is 11.7. The Morgan fingerprint density at radius 3 is 2.64 bits per heavy atom. The summed E-state index contributed by atoms with van der Waals surface area (Å²) in [5.41, 5.74) is 0. The topological polar surface area (TPSA) is 37.4 Å². The molecule has 0 aromatic carbocycles. The van der Waals surface area contributed by atoms with Crippen molar-refractivity contribution in [1.29, 1.82) is 0 Å². The summed E-state index contributed by atoms with van der Waals surface area (Å²) in [5, 5.41) is 0.341. The number of halogens is 1. The second kappa shape index (κ2) is 4.91. The monoisotopic (exact) mass is 261 g/mol. The highest BCUT2D eigenvalue weighted by Gasteiger charge is 2.32. The van der Waals surface area contributed by atoms with E-state index in [4.69, 9.17) is 0 Å². The fourth-order valence-electron chi connectivity index (χ4n) is 1.91. The summed E-state index contributed by atoms with van der Waals surface area (Å²) in [5.74, 6) is 0.668. The number of piperidine rings is 1. The molecule has 80 valence electrons. The van der Waals surface area contributed by atoms with Gasteiger partial charge in [-0.05, 0) is 18.8 Å². The third-order valence-corrected chi connectivity index (χ3v) is 3.33. The molecule has 0 aliphatic carbocycles. The van der Waals surface area contributed by atoms with E-state index in [9.17, 15) is 9.59 Å². The molecule has 14 heavy (non-hydrogen) atoms. The van der Waals surface area contributed by atoms with E-state index in [1.807, 2.05) is 0 Å². The van der Waals surface area contributed by atoms with Crippen molar-refractivity contribution < 1.29 is 9.59 Å². The Morgan fingerprint density at radius 2 is 2.14 bits per heavy atom. The molecule has 0 N–H and O–H groups in total. The van der Waals surface area contributed by atoms with E-state index >= 15 is 0 Å². The van der Waals surface area contributed by atoms with Gasteiger partial charge in [-0.1, -0.05) is 22.9 Å². The third kappa shape index (κ3) is 2.56. The number of nitrogens with zero attached hydrogens (tertiary/aromatic N) is 1. The summed E-state index contributed by atoms with van der Waals surface area (Å²) in [4.78, 5) is 24.6. The van der Waals surface area contributed by atoms with Crippen molar-refractivity contribution in [2.75, 3.05) is 11.9 Å². The second-order valence-corrected chi connectivity index (χ2v) is 4.52. The van der Waals surface area contributed by atoms with Crippen molar-refractivity contribution in [2.24, 2.45) is 5.92 Å². The Labute approximate surface area is 93.0 Å². The molecule has 0 aromatic rings. The summed E-state index contributed by atoms with van der Waals surface area (Å²) in [6.07, 6.45) is 1.82. The van der Waals surface area contributed by atoms with Crippen LogP contribution in [0.4, 0.5) is 0 Å². The molecule has 4 heteroatoms. The molecule has 1 aliphatic rings. The van der Waals surface area contributed by atoms with E-state index in [2.05, 4.69) is 22.9 Å². The summed E-state index contributed by atoms with van der Waals surface area (Å²) < 4.78 is 0. The number of hydrogen-bond acceptors (Lipinski definition) is 2. The summed E-state index contributed by atoms with van der Waals surface area (Å²) in [6.45, 7) is 4.39. The van der Waals surface area contributed by atoms with Gasteiger partial charge in [-0.2, -0.15) is 0 Å². The van der Waals surface area contributed by atoms with Crippen LogP contribution >= 0.6 is 15.9 Å². The molecule has 1 fully saturated rings. The van der Waals surface area contributed by atoms with Crippen LogP contribution in [-0.2, 0) is 9.59 Å². The number of carbonyl (C=O) groups excluding carboxylic acids is 2. The number of rotatable bonds is 2. The van der Waals surface area contributed by atoms with Gasteiger partial charge in [0.15, 0.2) is 5.78 Å². The molecule has 1 saturated heterocycles. The van der Waals surface area contributed by atoms with Crippen LogP contribution in [0, 0.1) is 5.92 Å². The van der Waals surface area contributed by atoms with Gasteiger partial charge in [0, 0.05) is 13.5 Å². The van der Waals surface area contributed by atoms with Gasteiger partial charge in [-0.3, -0.25) is 9.59 Å². The van der Waals surface area contributed by atoms with Crippen molar-refractivity contribution in [2.45, 2.75) is 32.7 Å². The molecule has 0 radical (unpaired) electrons. The van der Waals surface area contributed by atoms with Gasteiger partial charge in [0.1, 0.15) is 0 Å². The lowest BCUT2D eigenvalue weighted by Gasteiger charge is -2.36. The first-order valence-electron chi connectivity index (χ1n) is 4.92. The van der Waals surface area contributed by atoms with Gasteiger partial charge >= 0.3 is 0 Å². The predicted molar refractivity (Wildman–Crippen MR) is 58.4 cm³/mol. The molecule has 1 heterocycles. The van der Waals surface area contributed by atoms with Crippen LogP contribution in [0.3, 0.4) is 0 Å². The molecule has 0 aromatic heterocycles. The number of likely N-dealkylation sites (tertiary alicyclic amines) is 1. The van der Waals surface area contributed by atoms with Crippen LogP contribution in [0.1, 0.15) is 26.7 Å². The fraction of sp³-hybridized carbons (Fsp3) is 0.800. The standard InChI is InChI=1S/C10H16BrNO2/c1-7-3-4-12(8(2)13)9(5-7)10(14)6-11/h7,9H,3-6H2,1-2H3. The van der Waals surface area contributed by atoms with Crippen molar-refractivity contribution in [3.8, 4) is 0 Å². The minimum atomic E-state index is -0.198. The zero-order chi connectivity index (χ0) is 10.7. The molecule has 1 aliphatic heterocycles. The van der Waals surface area contributed by atoms with Gasteiger partial charge < -0.3 is 4.90 Å². The van der Waals surface area contributed by atoms with Crippen LogP contribution < -0.4 is 0 Å². The number of carbonyl (C=O) groups is 2. The average Bonchev–Trinajstić information content (AvgIpc) is 2.16. The Kier molecular flexibility index (Phi) is 4.11. The lowest BCUT2D eigenvalue weighted by molar-refractivity contribution is -0.139. The quantitative estimate of drug-likeness (QED) is 0.709. The first-order chi connectivity index (χ1) is 6.56. The van der Waals surface area contributed by atoms with E-state index in [0.717, 1.165) is 19.4 Å². The minimum absolute atomic E-state index is 0.0104. The van der Waals surface area contributed by atoms with Crippen molar-refractivity contribution in [1.82, 2.24) is 4.90 Å². The largest absolute Gasteiger partial charge is 0.333 e. The van der Waals surface area contributed by atoms with Crippen LogP contribution in [-0.4, -0.2) is 34.5 Å². The number of amides is 1. The lowest BCUT2D eigenvalue weighted by Crippen LogP contribution is -2.49. The van der Waals surface area contributed by atoms with E-state index in [0.29, 0.717) is 11.2 Å². The number of ketones is 1. The Bertz CT molecular complexity index is 242. The number of alkyl halides is 1. The zero-order valence-electron chi connectivity index (χ0n) is 8.62. The highest BCUT2D eigenvalue weighted by atomic mass is 79.9. The SMILES string of the molecule is CC(=O)N1CCC(C)CC1C(=O)CBr. The first-order valence-corrected chi connectivity index (χ1v) is 6.04. The van der Waals surface area contributed by atoms with Gasteiger partial charge in [0.05, 0.1) is 11.4 Å². The minimum Gasteiger partial charge on any atom is -0.333 e. The molecule has 2 atom stereocenters. The highest BCUT2D eigenvalue weighted by Crippen LogP contribution is 2.23. The normalized spacial score (nSPS) is 27.5. The van der Waals surface area contributed by atoms with Crippen molar-refractivity contribution in [3.63, 3.8) is 0 Å². The molecular weight excluding hydrogens is 246 g/mol. The Hall–Kier alpha value is -0.380. The van der Waals surface area contributed by atoms with Crippen LogP contribution in [0.15, 0.2) is 0 Å². The van der Waals surface area contributed by atoms with Gasteiger partial charge in [-0.25, -0.2) is 0 Å². The molecule has 3 nitrogen and oxygen atoms in total. The van der Waals surface area contributed by atoms with E-state index in [1.165, 1.54) is 6.92 Å².